The quantitative estimate of drug-likeness (QED) is 0.778. The van der Waals surface area contributed by atoms with Crippen molar-refractivity contribution in [2.45, 2.75) is 70.1 Å². The Morgan fingerprint density at radius 2 is 2.06 bits per heavy atom. The number of hydrogen-bond donors (Lipinski definition) is 2. The van der Waals surface area contributed by atoms with E-state index in [0.29, 0.717) is 6.04 Å². The van der Waals surface area contributed by atoms with Gasteiger partial charge in [-0.25, -0.2) is 4.79 Å². The molecular formula is C13H24N2O2. The van der Waals surface area contributed by atoms with Crippen LogP contribution in [0.2, 0.25) is 0 Å². The molecule has 1 amide bonds. The van der Waals surface area contributed by atoms with Crippen molar-refractivity contribution in [3.63, 3.8) is 0 Å². The van der Waals surface area contributed by atoms with Gasteiger partial charge in [0, 0.05) is 6.04 Å². The zero-order valence-electron chi connectivity index (χ0n) is 11.1. The molecule has 0 aromatic heterocycles. The zero-order valence-corrected chi connectivity index (χ0v) is 11.1. The van der Waals surface area contributed by atoms with Crippen LogP contribution in [-0.2, 0) is 4.74 Å². The van der Waals surface area contributed by atoms with E-state index < -0.39 is 5.60 Å². The van der Waals surface area contributed by atoms with E-state index in [1.54, 1.807) is 0 Å². The highest BCUT2D eigenvalue weighted by atomic mass is 16.6. The van der Waals surface area contributed by atoms with Gasteiger partial charge in [0.25, 0.3) is 0 Å². The van der Waals surface area contributed by atoms with E-state index in [0.717, 1.165) is 25.8 Å². The Balaban J connectivity index is 1.87. The molecular weight excluding hydrogens is 216 g/mol. The maximum absolute atomic E-state index is 11.8. The van der Waals surface area contributed by atoms with Crippen molar-refractivity contribution in [2.75, 3.05) is 6.54 Å². The number of hydrogen-bond acceptors (Lipinski definition) is 3. The highest BCUT2D eigenvalue weighted by Crippen LogP contribution is 2.41. The van der Waals surface area contributed by atoms with Gasteiger partial charge in [0.05, 0.1) is 5.54 Å². The molecule has 4 nitrogen and oxygen atoms in total. The predicted molar refractivity (Wildman–Crippen MR) is 67.0 cm³/mol. The van der Waals surface area contributed by atoms with Crippen LogP contribution in [-0.4, -0.2) is 29.8 Å². The van der Waals surface area contributed by atoms with Gasteiger partial charge in [0.1, 0.15) is 5.60 Å². The molecule has 1 saturated carbocycles. The summed E-state index contributed by atoms with van der Waals surface area (Å²) in [5, 5.41) is 6.59. The lowest BCUT2D eigenvalue weighted by molar-refractivity contribution is 0.0477. The van der Waals surface area contributed by atoms with Crippen LogP contribution in [0.15, 0.2) is 0 Å². The number of alkyl carbamates (subject to hydrolysis) is 1. The largest absolute Gasteiger partial charge is 0.444 e. The van der Waals surface area contributed by atoms with Crippen LogP contribution in [0.3, 0.4) is 0 Å². The maximum atomic E-state index is 11.8. The summed E-state index contributed by atoms with van der Waals surface area (Å²) in [7, 11) is 0. The van der Waals surface area contributed by atoms with Crippen LogP contribution in [0.25, 0.3) is 0 Å². The Labute approximate surface area is 103 Å². The normalized spacial score (nSPS) is 27.4. The van der Waals surface area contributed by atoms with Crippen LogP contribution in [0.4, 0.5) is 4.79 Å². The van der Waals surface area contributed by atoms with Gasteiger partial charge in [-0.2, -0.15) is 0 Å². The second-order valence-corrected chi connectivity index (χ2v) is 6.29. The van der Waals surface area contributed by atoms with E-state index in [2.05, 4.69) is 10.6 Å². The summed E-state index contributed by atoms with van der Waals surface area (Å²) in [5.41, 5.74) is -0.442. The summed E-state index contributed by atoms with van der Waals surface area (Å²) < 4.78 is 5.33. The third-order valence-electron chi connectivity index (χ3n) is 3.52. The van der Waals surface area contributed by atoms with Crippen LogP contribution >= 0.6 is 0 Å². The standard InChI is InChI=1S/C13H24N2O2/c1-12(2,3)17-11(16)15-13(7-8-13)10-6-4-5-9-14-10/h10,14H,4-9H2,1-3H3,(H,15,16)/t10-/m0/s1. The van der Waals surface area contributed by atoms with E-state index in [4.69, 9.17) is 4.74 Å². The van der Waals surface area contributed by atoms with Gasteiger partial charge in [-0.15, -0.1) is 0 Å². The first-order chi connectivity index (χ1) is 7.91. The predicted octanol–water partition coefficient (Wildman–Crippen LogP) is 2.19. The molecule has 2 N–H and O–H groups in total. The van der Waals surface area contributed by atoms with Crippen molar-refractivity contribution in [3.05, 3.63) is 0 Å². The number of carbonyl (C=O) groups excluding carboxylic acids is 1. The van der Waals surface area contributed by atoms with Crippen molar-refractivity contribution in [1.29, 1.82) is 0 Å². The number of rotatable bonds is 2. The van der Waals surface area contributed by atoms with Crippen molar-refractivity contribution >= 4 is 6.09 Å². The molecule has 0 aromatic carbocycles. The number of nitrogens with one attached hydrogen (secondary N) is 2. The van der Waals surface area contributed by atoms with Gasteiger partial charge in [0.15, 0.2) is 0 Å². The molecule has 1 aliphatic carbocycles. The topological polar surface area (TPSA) is 50.4 Å². The van der Waals surface area contributed by atoms with Gasteiger partial charge in [-0.3, -0.25) is 0 Å². The van der Waals surface area contributed by atoms with Crippen LogP contribution in [0.1, 0.15) is 52.9 Å². The molecule has 17 heavy (non-hydrogen) atoms. The molecule has 1 saturated heterocycles. The van der Waals surface area contributed by atoms with E-state index in [9.17, 15) is 4.79 Å². The first kappa shape index (κ1) is 12.7. The van der Waals surface area contributed by atoms with Gasteiger partial charge < -0.3 is 15.4 Å². The first-order valence-corrected chi connectivity index (χ1v) is 6.66. The molecule has 1 heterocycles. The molecule has 0 unspecified atom stereocenters. The van der Waals surface area contributed by atoms with Crippen LogP contribution in [0.5, 0.6) is 0 Å². The Hall–Kier alpha value is -0.770. The molecule has 0 bridgehead atoms. The van der Waals surface area contributed by atoms with Crippen molar-refractivity contribution in [2.24, 2.45) is 0 Å². The zero-order chi connectivity index (χ0) is 12.5. The van der Waals surface area contributed by atoms with Crippen molar-refractivity contribution < 1.29 is 9.53 Å². The third-order valence-corrected chi connectivity index (χ3v) is 3.52. The highest BCUT2D eigenvalue weighted by molar-refractivity contribution is 5.69. The summed E-state index contributed by atoms with van der Waals surface area (Å²) >= 11 is 0. The van der Waals surface area contributed by atoms with Gasteiger partial charge in [-0.1, -0.05) is 6.42 Å². The van der Waals surface area contributed by atoms with Gasteiger partial charge in [-0.05, 0) is 53.0 Å². The number of piperidine rings is 1. The maximum Gasteiger partial charge on any atom is 0.408 e. The average molecular weight is 240 g/mol. The Morgan fingerprint density at radius 1 is 1.35 bits per heavy atom. The fourth-order valence-electron chi connectivity index (χ4n) is 2.53. The molecule has 1 atom stereocenters. The van der Waals surface area contributed by atoms with Crippen molar-refractivity contribution in [1.82, 2.24) is 10.6 Å². The molecule has 2 aliphatic rings. The minimum absolute atomic E-state index is 0.0250. The molecule has 0 aromatic rings. The molecule has 0 spiro atoms. The molecule has 98 valence electrons. The smallest absolute Gasteiger partial charge is 0.408 e. The lowest BCUT2D eigenvalue weighted by Crippen LogP contribution is -2.54. The average Bonchev–Trinajstić information content (AvgIpc) is 2.97. The van der Waals surface area contributed by atoms with Crippen LogP contribution < -0.4 is 10.6 Å². The van der Waals surface area contributed by atoms with E-state index >= 15 is 0 Å². The molecule has 1 aliphatic heterocycles. The molecule has 2 rings (SSSR count). The SMILES string of the molecule is CC(C)(C)OC(=O)NC1([C@@H]2CCCCN2)CC1. The van der Waals surface area contributed by atoms with E-state index in [1.165, 1.54) is 12.8 Å². The van der Waals surface area contributed by atoms with Gasteiger partial charge in [0.2, 0.25) is 0 Å². The summed E-state index contributed by atoms with van der Waals surface area (Å²) in [6, 6.07) is 0.434. The minimum Gasteiger partial charge on any atom is -0.444 e. The van der Waals surface area contributed by atoms with Gasteiger partial charge >= 0.3 is 6.09 Å². The van der Waals surface area contributed by atoms with Crippen LogP contribution in [0, 0.1) is 0 Å². The monoisotopic (exact) mass is 240 g/mol. The third kappa shape index (κ3) is 3.35. The number of amides is 1. The summed E-state index contributed by atoms with van der Waals surface area (Å²) in [4.78, 5) is 11.8. The van der Waals surface area contributed by atoms with E-state index in [1.807, 2.05) is 20.8 Å². The Morgan fingerprint density at radius 3 is 2.53 bits per heavy atom. The Kier molecular flexibility index (Phi) is 3.34. The molecule has 2 fully saturated rings. The lowest BCUT2D eigenvalue weighted by Gasteiger charge is -2.32. The fourth-order valence-corrected chi connectivity index (χ4v) is 2.53. The highest BCUT2D eigenvalue weighted by Gasteiger charge is 2.51. The molecule has 0 radical (unpaired) electrons. The minimum atomic E-state index is -0.417. The summed E-state index contributed by atoms with van der Waals surface area (Å²) in [5.74, 6) is 0. The molecule has 4 heteroatoms. The second kappa shape index (κ2) is 4.48. The fraction of sp³-hybridized carbons (Fsp3) is 0.923. The summed E-state index contributed by atoms with van der Waals surface area (Å²) in [6.07, 6.45) is 5.54. The second-order valence-electron chi connectivity index (χ2n) is 6.29. The number of ether oxygens (including phenoxy) is 1. The first-order valence-electron chi connectivity index (χ1n) is 6.66. The summed E-state index contributed by atoms with van der Waals surface area (Å²) in [6.45, 7) is 6.75. The van der Waals surface area contributed by atoms with Crippen molar-refractivity contribution in [3.8, 4) is 0 Å². The van der Waals surface area contributed by atoms with E-state index in [-0.39, 0.29) is 11.6 Å². The Bertz CT molecular complexity index is 286. The lowest BCUT2D eigenvalue weighted by atomic mass is 9.96. The number of carbonyl (C=O) groups is 1.